The van der Waals surface area contributed by atoms with E-state index in [2.05, 4.69) is 20.9 Å². The minimum atomic E-state index is -0.378. The number of aliphatic hydroxyl groups excluding tert-OH is 1. The van der Waals surface area contributed by atoms with E-state index in [4.69, 9.17) is 4.74 Å². The van der Waals surface area contributed by atoms with Gasteiger partial charge in [-0.15, -0.1) is 0 Å². The van der Waals surface area contributed by atoms with Gasteiger partial charge in [-0.05, 0) is 41.9 Å². The maximum Gasteiger partial charge on any atom is 0.226 e. The smallest absolute Gasteiger partial charge is 0.226 e. The van der Waals surface area contributed by atoms with Crippen LogP contribution in [0.5, 0.6) is 5.75 Å². The first-order chi connectivity index (χ1) is 14.6. The van der Waals surface area contributed by atoms with Crippen LogP contribution in [0.25, 0.3) is 0 Å². The first-order valence-corrected chi connectivity index (χ1v) is 10.8. The van der Waals surface area contributed by atoms with Crippen molar-refractivity contribution in [3.05, 3.63) is 47.9 Å². The van der Waals surface area contributed by atoms with Gasteiger partial charge in [-0.25, -0.2) is 4.98 Å². The van der Waals surface area contributed by atoms with Crippen LogP contribution in [0.1, 0.15) is 30.4 Å². The number of aliphatic hydroxyl groups is 1. The summed E-state index contributed by atoms with van der Waals surface area (Å²) in [5, 5.41) is 10.5. The second-order valence-electron chi connectivity index (χ2n) is 8.90. The van der Waals surface area contributed by atoms with Gasteiger partial charge < -0.3 is 19.6 Å². The molecule has 1 N–H and O–H groups in total. The van der Waals surface area contributed by atoms with Gasteiger partial charge in [0.15, 0.2) is 0 Å². The van der Waals surface area contributed by atoms with Crippen LogP contribution in [0.2, 0.25) is 0 Å². The van der Waals surface area contributed by atoms with E-state index < -0.39 is 0 Å². The number of hydrogen-bond acceptors (Lipinski definition) is 6. The van der Waals surface area contributed by atoms with Gasteiger partial charge in [0.05, 0.1) is 25.3 Å². The Kier molecular flexibility index (Phi) is 5.06. The first-order valence-electron chi connectivity index (χ1n) is 10.8. The molecule has 30 heavy (non-hydrogen) atoms. The molecule has 3 aliphatic heterocycles. The van der Waals surface area contributed by atoms with Gasteiger partial charge in [-0.3, -0.25) is 9.78 Å². The summed E-state index contributed by atoms with van der Waals surface area (Å²) in [4.78, 5) is 25.6. The highest BCUT2D eigenvalue weighted by Gasteiger charge is 2.42. The Bertz CT molecular complexity index is 912. The molecule has 1 atom stereocenters. The number of fused-ring (bicyclic) bond motifs is 1. The van der Waals surface area contributed by atoms with Crippen molar-refractivity contribution in [2.24, 2.45) is 5.41 Å². The summed E-state index contributed by atoms with van der Waals surface area (Å²) >= 11 is 0. The zero-order chi connectivity index (χ0) is 20.6. The summed E-state index contributed by atoms with van der Waals surface area (Å²) in [6.45, 7) is 3.67. The van der Waals surface area contributed by atoms with Crippen LogP contribution in [-0.2, 0) is 17.6 Å². The maximum atomic E-state index is 12.9. The van der Waals surface area contributed by atoms with Crippen molar-refractivity contribution in [3.63, 3.8) is 0 Å². The molecule has 1 spiro atoms. The number of β-amino-alcohol motifs (C(OH)–C–C–N with tert-alkyl or cyclic N) is 1. The Morgan fingerprint density at radius 1 is 1.27 bits per heavy atom. The average Bonchev–Trinajstić information content (AvgIpc) is 3.22. The molecular formula is C23H28N4O3. The van der Waals surface area contributed by atoms with Gasteiger partial charge in [-0.1, -0.05) is 12.1 Å². The Labute approximate surface area is 176 Å². The van der Waals surface area contributed by atoms with Crippen LogP contribution >= 0.6 is 0 Å². The van der Waals surface area contributed by atoms with E-state index in [1.54, 1.807) is 18.6 Å². The number of benzene rings is 1. The highest BCUT2D eigenvalue weighted by Crippen LogP contribution is 2.41. The molecule has 7 heteroatoms. The number of ether oxygens (including phenoxy) is 1. The maximum absolute atomic E-state index is 12.9. The van der Waals surface area contributed by atoms with E-state index in [1.807, 2.05) is 17.0 Å². The number of likely N-dealkylation sites (tertiary alicyclic amines) is 1. The number of aromatic nitrogens is 2. The molecule has 1 unspecified atom stereocenters. The van der Waals surface area contributed by atoms with Crippen LogP contribution in [0.15, 0.2) is 36.8 Å². The second kappa shape index (κ2) is 7.87. The van der Waals surface area contributed by atoms with Crippen molar-refractivity contribution in [2.45, 2.75) is 38.2 Å². The number of amides is 1. The lowest BCUT2D eigenvalue weighted by Crippen LogP contribution is -2.55. The minimum absolute atomic E-state index is 0.0247. The fraction of sp³-hybridized carbons (Fsp3) is 0.522. The van der Waals surface area contributed by atoms with Crippen molar-refractivity contribution >= 4 is 11.7 Å². The van der Waals surface area contributed by atoms with E-state index in [0.717, 1.165) is 69.1 Å². The highest BCUT2D eigenvalue weighted by atomic mass is 16.5. The van der Waals surface area contributed by atoms with Gasteiger partial charge >= 0.3 is 0 Å². The van der Waals surface area contributed by atoms with E-state index in [-0.39, 0.29) is 17.4 Å². The summed E-state index contributed by atoms with van der Waals surface area (Å²) in [5.41, 5.74) is 2.29. The lowest BCUT2D eigenvalue weighted by molar-refractivity contribution is -0.133. The molecule has 4 heterocycles. The molecule has 3 aliphatic rings. The molecule has 5 rings (SSSR count). The monoisotopic (exact) mass is 408 g/mol. The molecule has 2 aromatic rings. The summed E-state index contributed by atoms with van der Waals surface area (Å²) in [5.74, 6) is 1.95. The number of anilines is 1. The molecule has 2 fully saturated rings. The summed E-state index contributed by atoms with van der Waals surface area (Å²) in [6, 6.07) is 6.10. The third-order valence-corrected chi connectivity index (χ3v) is 6.79. The van der Waals surface area contributed by atoms with Crippen LogP contribution in [0, 0.1) is 5.41 Å². The van der Waals surface area contributed by atoms with Gasteiger partial charge in [0, 0.05) is 45.0 Å². The zero-order valence-corrected chi connectivity index (χ0v) is 17.2. The first kappa shape index (κ1) is 19.3. The molecule has 0 saturated carbocycles. The molecular weight excluding hydrogens is 380 g/mol. The Hall–Kier alpha value is -2.67. The van der Waals surface area contributed by atoms with Gasteiger partial charge in [0.2, 0.25) is 5.91 Å². The van der Waals surface area contributed by atoms with E-state index in [0.29, 0.717) is 13.0 Å². The van der Waals surface area contributed by atoms with E-state index >= 15 is 0 Å². The largest absolute Gasteiger partial charge is 0.493 e. The molecule has 0 aliphatic carbocycles. The quantitative estimate of drug-likeness (QED) is 0.835. The Morgan fingerprint density at radius 3 is 2.93 bits per heavy atom. The van der Waals surface area contributed by atoms with E-state index in [9.17, 15) is 9.90 Å². The number of hydrogen-bond donors (Lipinski definition) is 1. The standard InChI is InChI=1S/C23H28N4O3/c28-19-13-23(16-27(15-19)21-14-24-6-7-25-21)4-8-26(9-5-23)22(29)12-17-1-2-20-18(11-17)3-10-30-20/h1-2,6-7,11,14,19,28H,3-5,8-10,12-13,15-16H2. The molecule has 1 amide bonds. The predicted octanol–water partition coefficient (Wildman–Crippen LogP) is 1.83. The molecule has 7 nitrogen and oxygen atoms in total. The number of carbonyl (C=O) groups excluding carboxylic acids is 1. The number of carbonyl (C=O) groups is 1. The Balaban J connectivity index is 1.21. The molecule has 2 saturated heterocycles. The normalized spacial score (nSPS) is 22.6. The minimum Gasteiger partial charge on any atom is -0.493 e. The highest BCUT2D eigenvalue weighted by molar-refractivity contribution is 5.79. The summed E-state index contributed by atoms with van der Waals surface area (Å²) in [6.07, 6.45) is 8.70. The van der Waals surface area contributed by atoms with Gasteiger partial charge in [0.1, 0.15) is 11.6 Å². The second-order valence-corrected chi connectivity index (χ2v) is 8.90. The molecule has 1 aromatic heterocycles. The number of nitrogens with zero attached hydrogens (tertiary/aromatic N) is 4. The van der Waals surface area contributed by atoms with Crippen molar-refractivity contribution in [1.82, 2.24) is 14.9 Å². The fourth-order valence-corrected chi connectivity index (χ4v) is 5.21. The predicted molar refractivity (Wildman–Crippen MR) is 112 cm³/mol. The van der Waals surface area contributed by atoms with Crippen LogP contribution in [0.3, 0.4) is 0 Å². The third-order valence-electron chi connectivity index (χ3n) is 6.79. The van der Waals surface area contributed by atoms with Crippen molar-refractivity contribution < 1.29 is 14.6 Å². The number of piperidine rings is 2. The van der Waals surface area contributed by atoms with Gasteiger partial charge in [0.25, 0.3) is 0 Å². The van der Waals surface area contributed by atoms with Gasteiger partial charge in [-0.2, -0.15) is 0 Å². The lowest BCUT2D eigenvalue weighted by Gasteiger charge is -2.49. The summed E-state index contributed by atoms with van der Waals surface area (Å²) in [7, 11) is 0. The van der Waals surface area contributed by atoms with E-state index in [1.165, 1.54) is 5.56 Å². The molecule has 158 valence electrons. The van der Waals surface area contributed by atoms with Crippen molar-refractivity contribution in [1.29, 1.82) is 0 Å². The fourth-order valence-electron chi connectivity index (χ4n) is 5.21. The lowest BCUT2D eigenvalue weighted by atomic mass is 9.71. The molecule has 1 aromatic carbocycles. The molecule has 0 bridgehead atoms. The topological polar surface area (TPSA) is 78.8 Å². The van der Waals surface area contributed by atoms with Crippen LogP contribution in [-0.4, -0.2) is 64.8 Å². The Morgan fingerprint density at radius 2 is 2.13 bits per heavy atom. The molecule has 0 radical (unpaired) electrons. The third kappa shape index (κ3) is 3.86. The summed E-state index contributed by atoms with van der Waals surface area (Å²) < 4.78 is 5.56. The van der Waals surface area contributed by atoms with Crippen LogP contribution in [0.4, 0.5) is 5.82 Å². The van der Waals surface area contributed by atoms with Crippen molar-refractivity contribution in [2.75, 3.05) is 37.7 Å². The van der Waals surface area contributed by atoms with Crippen LogP contribution < -0.4 is 9.64 Å². The SMILES string of the molecule is O=C(Cc1ccc2c(c1)CCO2)N1CCC2(CC1)CC(O)CN(c1cnccn1)C2. The number of rotatable bonds is 3. The van der Waals surface area contributed by atoms with Crippen molar-refractivity contribution in [3.8, 4) is 5.75 Å². The zero-order valence-electron chi connectivity index (χ0n) is 17.2. The average molecular weight is 409 g/mol.